The zero-order valence-electron chi connectivity index (χ0n) is 14.3. The highest BCUT2D eigenvalue weighted by atomic mass is 35.5. The molecule has 6 nitrogen and oxygen atoms in total. The van der Waals surface area contributed by atoms with Crippen molar-refractivity contribution in [3.8, 4) is 0 Å². The van der Waals surface area contributed by atoms with Crippen molar-refractivity contribution >= 4 is 29.9 Å². The number of amides is 2. The van der Waals surface area contributed by atoms with Crippen LogP contribution in [0.5, 0.6) is 0 Å². The van der Waals surface area contributed by atoms with E-state index in [1.807, 2.05) is 7.05 Å². The summed E-state index contributed by atoms with van der Waals surface area (Å²) < 4.78 is 18.5. The maximum atomic E-state index is 13.7. The minimum Gasteiger partial charge on any atom is -0.472 e. The number of benzene rings is 1. The summed E-state index contributed by atoms with van der Waals surface area (Å²) in [5.74, 6) is -1.20. The molecule has 1 aromatic carbocycles. The Balaban J connectivity index is 0.00000243. The predicted molar refractivity (Wildman–Crippen MR) is 98.3 cm³/mol. The molecule has 2 amide bonds. The molecule has 140 valence electrons. The van der Waals surface area contributed by atoms with Gasteiger partial charge in [0.2, 0.25) is 0 Å². The molecule has 1 saturated heterocycles. The van der Waals surface area contributed by atoms with Gasteiger partial charge >= 0.3 is 0 Å². The van der Waals surface area contributed by atoms with Gasteiger partial charge in [-0.05, 0) is 44.2 Å². The fourth-order valence-electron chi connectivity index (χ4n) is 2.96. The first-order valence-electron chi connectivity index (χ1n) is 8.18. The highest BCUT2D eigenvalue weighted by Gasteiger charge is 2.26. The summed E-state index contributed by atoms with van der Waals surface area (Å²) in [5.41, 5.74) is 0.730. The summed E-state index contributed by atoms with van der Waals surface area (Å²) in [6, 6.07) is 5.52. The summed E-state index contributed by atoms with van der Waals surface area (Å²) in [6.07, 6.45) is 4.57. The fraction of sp³-hybridized carbons (Fsp3) is 0.333. The van der Waals surface area contributed by atoms with E-state index in [2.05, 4.69) is 10.6 Å². The normalized spacial score (nSPS) is 16.7. The Morgan fingerprint density at radius 3 is 2.81 bits per heavy atom. The molecular formula is C18H21ClFN3O3. The maximum absolute atomic E-state index is 13.7. The van der Waals surface area contributed by atoms with Gasteiger partial charge in [-0.2, -0.15) is 0 Å². The number of anilines is 1. The van der Waals surface area contributed by atoms with Crippen LogP contribution < -0.4 is 10.6 Å². The number of likely N-dealkylation sites (tertiary alicyclic amines) is 1. The summed E-state index contributed by atoms with van der Waals surface area (Å²) in [6.45, 7) is 1.23. The number of nitrogens with zero attached hydrogens (tertiary/aromatic N) is 1. The molecule has 1 aliphatic rings. The van der Waals surface area contributed by atoms with Crippen LogP contribution in [0.15, 0.2) is 41.2 Å². The molecular weight excluding hydrogens is 361 g/mol. The van der Waals surface area contributed by atoms with E-state index in [9.17, 15) is 14.0 Å². The first kappa shape index (κ1) is 19.9. The van der Waals surface area contributed by atoms with Gasteiger partial charge in [-0.15, -0.1) is 12.4 Å². The Morgan fingerprint density at radius 1 is 1.31 bits per heavy atom. The van der Waals surface area contributed by atoms with Crippen molar-refractivity contribution in [3.05, 3.63) is 53.7 Å². The monoisotopic (exact) mass is 381 g/mol. The standard InChI is InChI=1S/C18H20FN3O3.ClH/c1-20-14-3-2-7-22(10-14)18(24)15-5-4-13(19)9-16(15)21-17(23)12-6-8-25-11-12;/h4-6,8-9,11,14,20H,2-3,7,10H2,1H3,(H,21,23);1H. The number of likely N-dealkylation sites (N-methyl/N-ethyl adjacent to an activating group) is 1. The second-order valence-corrected chi connectivity index (χ2v) is 6.04. The van der Waals surface area contributed by atoms with Crippen molar-refractivity contribution in [2.75, 3.05) is 25.5 Å². The molecule has 1 aromatic heterocycles. The number of hydrogen-bond acceptors (Lipinski definition) is 4. The van der Waals surface area contributed by atoms with Gasteiger partial charge in [0.25, 0.3) is 11.8 Å². The third-order valence-corrected chi connectivity index (χ3v) is 4.36. The highest BCUT2D eigenvalue weighted by Crippen LogP contribution is 2.22. The van der Waals surface area contributed by atoms with E-state index >= 15 is 0 Å². The molecule has 1 aliphatic heterocycles. The van der Waals surface area contributed by atoms with E-state index in [1.54, 1.807) is 4.90 Å². The molecule has 1 atom stereocenters. The molecule has 8 heteroatoms. The lowest BCUT2D eigenvalue weighted by Crippen LogP contribution is -2.47. The average Bonchev–Trinajstić information content (AvgIpc) is 3.16. The first-order chi connectivity index (χ1) is 12.1. The molecule has 1 unspecified atom stereocenters. The number of piperidine rings is 1. The van der Waals surface area contributed by atoms with Crippen LogP contribution in [-0.4, -0.2) is 42.9 Å². The number of carbonyl (C=O) groups excluding carboxylic acids is 2. The first-order valence-corrected chi connectivity index (χ1v) is 8.18. The molecule has 2 heterocycles. The van der Waals surface area contributed by atoms with E-state index in [0.717, 1.165) is 18.9 Å². The predicted octanol–water partition coefficient (Wildman–Crippen LogP) is 2.92. The zero-order valence-corrected chi connectivity index (χ0v) is 15.1. The lowest BCUT2D eigenvalue weighted by Gasteiger charge is -2.33. The summed E-state index contributed by atoms with van der Waals surface area (Å²) in [7, 11) is 1.87. The maximum Gasteiger partial charge on any atom is 0.258 e. The number of rotatable bonds is 4. The van der Waals surface area contributed by atoms with Crippen molar-refractivity contribution in [2.45, 2.75) is 18.9 Å². The van der Waals surface area contributed by atoms with E-state index in [1.165, 1.54) is 30.7 Å². The number of furan rings is 1. The second-order valence-electron chi connectivity index (χ2n) is 6.04. The third-order valence-electron chi connectivity index (χ3n) is 4.36. The number of hydrogen-bond donors (Lipinski definition) is 2. The van der Waals surface area contributed by atoms with Gasteiger partial charge in [-0.25, -0.2) is 4.39 Å². The van der Waals surface area contributed by atoms with Crippen molar-refractivity contribution in [2.24, 2.45) is 0 Å². The van der Waals surface area contributed by atoms with Crippen LogP contribution in [0.25, 0.3) is 0 Å². The van der Waals surface area contributed by atoms with Gasteiger partial charge in [-0.1, -0.05) is 0 Å². The van der Waals surface area contributed by atoms with E-state index in [4.69, 9.17) is 4.42 Å². The SMILES string of the molecule is CNC1CCCN(C(=O)c2ccc(F)cc2NC(=O)c2ccoc2)C1.Cl. The van der Waals surface area contributed by atoms with Crippen LogP contribution in [-0.2, 0) is 0 Å². The summed E-state index contributed by atoms with van der Waals surface area (Å²) in [4.78, 5) is 26.8. The molecule has 26 heavy (non-hydrogen) atoms. The van der Waals surface area contributed by atoms with Gasteiger partial charge < -0.3 is 20.0 Å². The van der Waals surface area contributed by atoms with Crippen LogP contribution in [0.3, 0.4) is 0 Å². The van der Waals surface area contributed by atoms with Gasteiger partial charge in [0.1, 0.15) is 12.1 Å². The minimum atomic E-state index is -0.522. The van der Waals surface area contributed by atoms with Crippen LogP contribution in [0.1, 0.15) is 33.6 Å². The smallest absolute Gasteiger partial charge is 0.258 e. The van der Waals surface area contributed by atoms with Gasteiger partial charge in [-0.3, -0.25) is 9.59 Å². The molecule has 1 fully saturated rings. The van der Waals surface area contributed by atoms with E-state index in [0.29, 0.717) is 18.7 Å². The quantitative estimate of drug-likeness (QED) is 0.854. The molecule has 0 aliphatic carbocycles. The van der Waals surface area contributed by atoms with Crippen LogP contribution >= 0.6 is 12.4 Å². The average molecular weight is 382 g/mol. The molecule has 0 radical (unpaired) electrons. The van der Waals surface area contributed by atoms with Crippen molar-refractivity contribution < 1.29 is 18.4 Å². The molecule has 0 saturated carbocycles. The van der Waals surface area contributed by atoms with Gasteiger partial charge in [0.05, 0.1) is 23.1 Å². The van der Waals surface area contributed by atoms with Gasteiger partial charge in [0, 0.05) is 19.1 Å². The molecule has 2 aromatic rings. The fourth-order valence-corrected chi connectivity index (χ4v) is 2.96. The van der Waals surface area contributed by atoms with Gasteiger partial charge in [0.15, 0.2) is 0 Å². The van der Waals surface area contributed by atoms with Crippen molar-refractivity contribution in [1.29, 1.82) is 0 Å². The topological polar surface area (TPSA) is 74.6 Å². The second kappa shape index (κ2) is 8.82. The molecule has 3 rings (SSSR count). The summed E-state index contributed by atoms with van der Waals surface area (Å²) >= 11 is 0. The lowest BCUT2D eigenvalue weighted by atomic mass is 10.0. The van der Waals surface area contributed by atoms with Crippen molar-refractivity contribution in [3.63, 3.8) is 0 Å². The Labute approximate surface area is 157 Å². The highest BCUT2D eigenvalue weighted by molar-refractivity contribution is 6.08. The lowest BCUT2D eigenvalue weighted by molar-refractivity contribution is 0.0699. The number of carbonyl (C=O) groups is 2. The van der Waals surface area contributed by atoms with Crippen LogP contribution in [0.2, 0.25) is 0 Å². The zero-order chi connectivity index (χ0) is 17.8. The minimum absolute atomic E-state index is 0. The molecule has 0 bridgehead atoms. The van der Waals surface area contributed by atoms with E-state index < -0.39 is 11.7 Å². The Bertz CT molecular complexity index is 767. The van der Waals surface area contributed by atoms with Crippen LogP contribution in [0.4, 0.5) is 10.1 Å². The summed E-state index contributed by atoms with van der Waals surface area (Å²) in [5, 5.41) is 5.78. The van der Waals surface area contributed by atoms with E-state index in [-0.39, 0.29) is 35.6 Å². The Hall–Kier alpha value is -2.38. The van der Waals surface area contributed by atoms with Crippen LogP contribution in [0, 0.1) is 5.82 Å². The number of halogens is 2. The van der Waals surface area contributed by atoms with Crippen molar-refractivity contribution in [1.82, 2.24) is 10.2 Å². The largest absolute Gasteiger partial charge is 0.472 e. The molecule has 0 spiro atoms. The number of nitrogens with one attached hydrogen (secondary N) is 2. The third kappa shape index (κ3) is 4.42. The Kier molecular flexibility index (Phi) is 6.76. The molecule has 2 N–H and O–H groups in total. The Morgan fingerprint density at radius 2 is 2.12 bits per heavy atom.